The molecule has 1 heterocycles. The minimum Gasteiger partial charge on any atom is -0.391 e. The van der Waals surface area contributed by atoms with Gasteiger partial charge in [0.2, 0.25) is 0 Å². The van der Waals surface area contributed by atoms with E-state index in [0.717, 1.165) is 56.3 Å². The Bertz CT molecular complexity index is 501. The van der Waals surface area contributed by atoms with Gasteiger partial charge in [-0.25, -0.2) is 0 Å². The van der Waals surface area contributed by atoms with Gasteiger partial charge in [0, 0.05) is 12.1 Å². The normalized spacial score (nSPS) is 25.9. The fourth-order valence-electron chi connectivity index (χ4n) is 3.27. The highest BCUT2D eigenvalue weighted by Crippen LogP contribution is 2.21. The largest absolute Gasteiger partial charge is 0.391 e. The number of amides is 1. The SMILES string of the molecule is O=C(NC1CCCCC1O)c1cccc2c1CCNC2. The van der Waals surface area contributed by atoms with Crippen LogP contribution in [0.15, 0.2) is 18.2 Å². The number of carbonyl (C=O) groups excluding carboxylic acids is 1. The lowest BCUT2D eigenvalue weighted by molar-refractivity contribution is 0.0716. The summed E-state index contributed by atoms with van der Waals surface area (Å²) in [6.07, 6.45) is 4.31. The summed E-state index contributed by atoms with van der Waals surface area (Å²) in [4.78, 5) is 12.5. The topological polar surface area (TPSA) is 61.4 Å². The zero-order valence-electron chi connectivity index (χ0n) is 11.7. The number of benzene rings is 1. The average molecular weight is 274 g/mol. The molecule has 1 aromatic rings. The molecule has 2 aliphatic rings. The molecule has 0 bridgehead atoms. The van der Waals surface area contributed by atoms with Crippen LogP contribution >= 0.6 is 0 Å². The second kappa shape index (κ2) is 5.94. The number of hydrogen-bond acceptors (Lipinski definition) is 3. The van der Waals surface area contributed by atoms with Crippen LogP contribution in [0.3, 0.4) is 0 Å². The number of nitrogens with one attached hydrogen (secondary N) is 2. The van der Waals surface area contributed by atoms with Crippen LogP contribution in [-0.2, 0) is 13.0 Å². The maximum Gasteiger partial charge on any atom is 0.251 e. The van der Waals surface area contributed by atoms with Crippen LogP contribution in [0.4, 0.5) is 0 Å². The molecule has 0 saturated heterocycles. The van der Waals surface area contributed by atoms with Crippen LogP contribution in [-0.4, -0.2) is 29.7 Å². The van der Waals surface area contributed by atoms with Crippen molar-refractivity contribution in [3.8, 4) is 0 Å². The monoisotopic (exact) mass is 274 g/mol. The van der Waals surface area contributed by atoms with Crippen molar-refractivity contribution in [2.24, 2.45) is 0 Å². The quantitative estimate of drug-likeness (QED) is 0.763. The fraction of sp³-hybridized carbons (Fsp3) is 0.562. The maximum atomic E-state index is 12.5. The summed E-state index contributed by atoms with van der Waals surface area (Å²) in [5, 5.41) is 16.3. The molecule has 0 radical (unpaired) electrons. The third kappa shape index (κ3) is 2.72. The summed E-state index contributed by atoms with van der Waals surface area (Å²) in [6, 6.07) is 5.83. The van der Waals surface area contributed by atoms with Gasteiger partial charge in [-0.05, 0) is 43.0 Å². The van der Waals surface area contributed by atoms with Crippen LogP contribution in [0.1, 0.15) is 47.2 Å². The van der Waals surface area contributed by atoms with Crippen molar-refractivity contribution in [1.29, 1.82) is 0 Å². The van der Waals surface area contributed by atoms with Crippen molar-refractivity contribution in [3.05, 3.63) is 34.9 Å². The zero-order valence-corrected chi connectivity index (χ0v) is 11.7. The van der Waals surface area contributed by atoms with Crippen molar-refractivity contribution in [1.82, 2.24) is 10.6 Å². The van der Waals surface area contributed by atoms with Crippen molar-refractivity contribution < 1.29 is 9.90 Å². The van der Waals surface area contributed by atoms with Crippen LogP contribution in [0.25, 0.3) is 0 Å². The Morgan fingerprint density at radius 1 is 1.30 bits per heavy atom. The Balaban J connectivity index is 1.77. The van der Waals surface area contributed by atoms with E-state index in [1.54, 1.807) is 0 Å². The minimum atomic E-state index is -0.395. The molecule has 1 aromatic carbocycles. The molecule has 1 fully saturated rings. The molecule has 1 aliphatic heterocycles. The zero-order chi connectivity index (χ0) is 13.9. The summed E-state index contributed by atoms with van der Waals surface area (Å²) < 4.78 is 0. The van der Waals surface area contributed by atoms with Gasteiger partial charge < -0.3 is 15.7 Å². The molecular weight excluding hydrogens is 252 g/mol. The Labute approximate surface area is 119 Å². The predicted molar refractivity (Wildman–Crippen MR) is 77.6 cm³/mol. The molecular formula is C16H22N2O2. The summed E-state index contributed by atoms with van der Waals surface area (Å²) >= 11 is 0. The lowest BCUT2D eigenvalue weighted by atomic mass is 9.91. The molecule has 20 heavy (non-hydrogen) atoms. The van der Waals surface area contributed by atoms with Crippen molar-refractivity contribution in [2.75, 3.05) is 6.54 Å². The highest BCUT2D eigenvalue weighted by Gasteiger charge is 2.26. The molecule has 1 aliphatic carbocycles. The van der Waals surface area contributed by atoms with Crippen molar-refractivity contribution >= 4 is 5.91 Å². The number of carbonyl (C=O) groups is 1. The van der Waals surface area contributed by atoms with Crippen molar-refractivity contribution in [3.63, 3.8) is 0 Å². The molecule has 1 amide bonds. The molecule has 1 saturated carbocycles. The van der Waals surface area contributed by atoms with E-state index < -0.39 is 6.10 Å². The van der Waals surface area contributed by atoms with Crippen LogP contribution < -0.4 is 10.6 Å². The highest BCUT2D eigenvalue weighted by molar-refractivity contribution is 5.96. The Hall–Kier alpha value is -1.39. The van der Waals surface area contributed by atoms with E-state index in [-0.39, 0.29) is 11.9 Å². The Morgan fingerprint density at radius 3 is 3.00 bits per heavy atom. The van der Waals surface area contributed by atoms with Gasteiger partial charge in [0.15, 0.2) is 0 Å². The second-order valence-electron chi connectivity index (χ2n) is 5.80. The molecule has 108 valence electrons. The van der Waals surface area contributed by atoms with E-state index in [1.807, 2.05) is 12.1 Å². The van der Waals surface area contributed by atoms with Gasteiger partial charge in [0.05, 0.1) is 12.1 Å². The minimum absolute atomic E-state index is 0.0327. The number of aliphatic hydroxyl groups is 1. The lowest BCUT2D eigenvalue weighted by Gasteiger charge is -2.29. The van der Waals surface area contributed by atoms with Gasteiger partial charge in [-0.2, -0.15) is 0 Å². The molecule has 3 N–H and O–H groups in total. The van der Waals surface area contributed by atoms with Crippen LogP contribution in [0.5, 0.6) is 0 Å². The molecule has 2 unspecified atom stereocenters. The van der Waals surface area contributed by atoms with Gasteiger partial charge in [-0.3, -0.25) is 4.79 Å². The summed E-state index contributed by atoms with van der Waals surface area (Å²) in [5.74, 6) is -0.0327. The number of rotatable bonds is 2. The first-order chi connectivity index (χ1) is 9.75. The predicted octanol–water partition coefficient (Wildman–Crippen LogP) is 1.37. The lowest BCUT2D eigenvalue weighted by Crippen LogP contribution is -2.45. The Morgan fingerprint density at radius 2 is 2.15 bits per heavy atom. The molecule has 3 rings (SSSR count). The average Bonchev–Trinajstić information content (AvgIpc) is 2.49. The molecule has 4 nitrogen and oxygen atoms in total. The Kier molecular flexibility index (Phi) is 4.03. The van der Waals surface area contributed by atoms with Gasteiger partial charge in [0.1, 0.15) is 0 Å². The third-order valence-electron chi connectivity index (χ3n) is 4.43. The van der Waals surface area contributed by atoms with Crippen molar-refractivity contribution in [2.45, 2.75) is 50.8 Å². The maximum absolute atomic E-state index is 12.5. The highest BCUT2D eigenvalue weighted by atomic mass is 16.3. The summed E-state index contributed by atoms with van der Waals surface area (Å²) in [5.41, 5.74) is 3.16. The first-order valence-electron chi connectivity index (χ1n) is 7.56. The van der Waals surface area contributed by atoms with Crippen LogP contribution in [0, 0.1) is 0 Å². The van der Waals surface area contributed by atoms with E-state index in [1.165, 1.54) is 5.56 Å². The number of aliphatic hydroxyl groups excluding tert-OH is 1. The van der Waals surface area contributed by atoms with Gasteiger partial charge in [0.25, 0.3) is 5.91 Å². The molecule has 2 atom stereocenters. The van der Waals surface area contributed by atoms with E-state index in [0.29, 0.717) is 0 Å². The second-order valence-corrected chi connectivity index (χ2v) is 5.80. The summed E-state index contributed by atoms with van der Waals surface area (Å²) in [6.45, 7) is 1.76. The number of hydrogen-bond donors (Lipinski definition) is 3. The standard InChI is InChI=1S/C16H22N2O2/c19-15-7-2-1-6-14(15)18-16(20)13-5-3-4-11-10-17-9-8-12(11)13/h3-5,14-15,17,19H,1-2,6-10H2,(H,18,20). The van der Waals surface area contributed by atoms with E-state index in [9.17, 15) is 9.90 Å². The van der Waals surface area contributed by atoms with Gasteiger partial charge in [-0.15, -0.1) is 0 Å². The molecule has 0 spiro atoms. The first kappa shape index (κ1) is 13.6. The van der Waals surface area contributed by atoms with Gasteiger partial charge >= 0.3 is 0 Å². The first-order valence-corrected chi connectivity index (χ1v) is 7.56. The smallest absolute Gasteiger partial charge is 0.251 e. The van der Waals surface area contributed by atoms with E-state index in [2.05, 4.69) is 16.7 Å². The molecule has 0 aromatic heterocycles. The fourth-order valence-corrected chi connectivity index (χ4v) is 3.27. The van der Waals surface area contributed by atoms with Gasteiger partial charge in [-0.1, -0.05) is 25.0 Å². The van der Waals surface area contributed by atoms with E-state index >= 15 is 0 Å². The third-order valence-corrected chi connectivity index (χ3v) is 4.43. The van der Waals surface area contributed by atoms with E-state index in [4.69, 9.17) is 0 Å². The summed E-state index contributed by atoms with van der Waals surface area (Å²) in [7, 11) is 0. The number of fused-ring (bicyclic) bond motifs is 1. The molecule has 4 heteroatoms. The van der Waals surface area contributed by atoms with Crippen LogP contribution in [0.2, 0.25) is 0 Å².